The van der Waals surface area contributed by atoms with Gasteiger partial charge in [-0.1, -0.05) is 6.92 Å². The maximum atomic E-state index is 12.4. The smallest absolute Gasteiger partial charge is 0.353 e. The van der Waals surface area contributed by atoms with Gasteiger partial charge in [0.05, 0.1) is 24.0 Å². The van der Waals surface area contributed by atoms with Crippen LogP contribution in [0, 0.1) is 17.8 Å². The number of carbonyl (C=O) groups excluding carboxylic acids is 3. The van der Waals surface area contributed by atoms with E-state index in [0.717, 1.165) is 0 Å². The molecule has 0 radical (unpaired) electrons. The number of fused-ring (bicyclic) bond motifs is 1. The zero-order valence-electron chi connectivity index (χ0n) is 16.5. The van der Waals surface area contributed by atoms with E-state index in [1.54, 1.807) is 6.92 Å². The minimum atomic E-state index is -1.14. The normalized spacial score (nSPS) is 38.0. The molecule has 0 spiro atoms. The Balaban J connectivity index is 1.49. The molecule has 0 aromatic rings. The predicted octanol–water partition coefficient (Wildman–Crippen LogP) is -0.391. The lowest BCUT2D eigenvalue weighted by atomic mass is 9.79. The Labute approximate surface area is 172 Å². The Bertz CT molecular complexity index is 827. The van der Waals surface area contributed by atoms with E-state index in [-0.39, 0.29) is 59.0 Å². The SMILES string of the molecule is C[C@@H](O)[C@H]1C(=O)N2C(C(=O)O)=C(S[C@@H]3CN[C@H](C4CC(=O)N(C)C4=O)C3)[C@H](C)[C@H]12. The second kappa shape index (κ2) is 7.10. The molecule has 4 aliphatic heterocycles. The number of likely N-dealkylation sites (tertiary alicyclic amines) is 1. The molecule has 10 heteroatoms. The number of nitrogens with one attached hydrogen (secondary N) is 1. The molecule has 1 unspecified atom stereocenters. The van der Waals surface area contributed by atoms with Crippen molar-refractivity contribution in [2.24, 2.45) is 17.8 Å². The largest absolute Gasteiger partial charge is 0.477 e. The highest BCUT2D eigenvalue weighted by atomic mass is 32.2. The second-order valence-electron chi connectivity index (χ2n) is 8.36. The molecule has 9 nitrogen and oxygen atoms in total. The van der Waals surface area contributed by atoms with Crippen molar-refractivity contribution in [1.82, 2.24) is 15.1 Å². The lowest BCUT2D eigenvalue weighted by molar-refractivity contribution is -0.163. The van der Waals surface area contributed by atoms with E-state index >= 15 is 0 Å². The van der Waals surface area contributed by atoms with Gasteiger partial charge in [0.25, 0.3) is 0 Å². The number of aliphatic hydroxyl groups excluding tert-OH is 1. The highest BCUT2D eigenvalue weighted by Crippen LogP contribution is 2.52. The summed E-state index contributed by atoms with van der Waals surface area (Å²) in [7, 11) is 1.50. The summed E-state index contributed by atoms with van der Waals surface area (Å²) in [6.07, 6.45) is 0.0136. The topological polar surface area (TPSA) is 127 Å². The fourth-order valence-corrected chi connectivity index (χ4v) is 6.58. The van der Waals surface area contributed by atoms with E-state index in [4.69, 9.17) is 0 Å². The van der Waals surface area contributed by atoms with E-state index in [0.29, 0.717) is 17.9 Å². The number of carbonyl (C=O) groups is 4. The minimum Gasteiger partial charge on any atom is -0.477 e. The Hall–Kier alpha value is -1.91. The molecular formula is C19H25N3O6S. The maximum Gasteiger partial charge on any atom is 0.353 e. The third kappa shape index (κ3) is 3.00. The number of β-lactam (4-membered cyclic amide) rings is 1. The van der Waals surface area contributed by atoms with Gasteiger partial charge in [0, 0.05) is 42.1 Å². The van der Waals surface area contributed by atoms with Gasteiger partial charge in [0.2, 0.25) is 17.7 Å². The Morgan fingerprint density at radius 1 is 1.28 bits per heavy atom. The predicted molar refractivity (Wildman–Crippen MR) is 103 cm³/mol. The lowest BCUT2D eigenvalue weighted by Crippen LogP contribution is -2.63. The van der Waals surface area contributed by atoms with Gasteiger partial charge >= 0.3 is 5.97 Å². The number of nitrogens with zero attached hydrogens (tertiary/aromatic N) is 2. The standard InChI is InChI=1S/C19H25N3O6S/c1-7-14-13(8(2)23)18(26)22(14)15(19(27)28)16(7)29-9-4-11(20-6-9)10-5-12(24)21(3)17(10)25/h7-11,13-14,20,23H,4-6H2,1-3H3,(H,27,28)/t7-,8-,9+,10?,11+,13-,14-/m1/s1. The molecule has 0 aromatic heterocycles. The number of thioether (sulfide) groups is 1. The molecule has 29 heavy (non-hydrogen) atoms. The van der Waals surface area contributed by atoms with Crippen molar-refractivity contribution in [2.45, 2.75) is 50.1 Å². The molecule has 0 aliphatic carbocycles. The molecule has 0 aromatic carbocycles. The van der Waals surface area contributed by atoms with Crippen molar-refractivity contribution in [3.05, 3.63) is 10.6 Å². The van der Waals surface area contributed by atoms with Crippen LogP contribution in [-0.2, 0) is 19.2 Å². The van der Waals surface area contributed by atoms with Crippen LogP contribution in [0.1, 0.15) is 26.7 Å². The van der Waals surface area contributed by atoms with E-state index in [2.05, 4.69) is 5.32 Å². The van der Waals surface area contributed by atoms with Crippen LogP contribution in [0.3, 0.4) is 0 Å². The Morgan fingerprint density at radius 3 is 2.52 bits per heavy atom. The van der Waals surface area contributed by atoms with Crippen LogP contribution in [0.5, 0.6) is 0 Å². The van der Waals surface area contributed by atoms with Crippen LogP contribution >= 0.6 is 11.8 Å². The number of aliphatic carboxylic acids is 1. The quantitative estimate of drug-likeness (QED) is 0.403. The van der Waals surface area contributed by atoms with Crippen LogP contribution < -0.4 is 5.32 Å². The third-order valence-corrected chi connectivity index (χ3v) is 8.14. The number of carboxylic acid groups (broad SMARTS) is 1. The van der Waals surface area contributed by atoms with Gasteiger partial charge in [-0.25, -0.2) is 4.79 Å². The third-order valence-electron chi connectivity index (χ3n) is 6.63. The zero-order valence-corrected chi connectivity index (χ0v) is 17.3. The highest BCUT2D eigenvalue weighted by molar-refractivity contribution is 8.03. The van der Waals surface area contributed by atoms with Gasteiger partial charge in [0.1, 0.15) is 5.70 Å². The first kappa shape index (κ1) is 20.4. The van der Waals surface area contributed by atoms with Crippen molar-refractivity contribution in [3.63, 3.8) is 0 Å². The van der Waals surface area contributed by atoms with E-state index in [1.807, 2.05) is 6.92 Å². The van der Waals surface area contributed by atoms with Crippen molar-refractivity contribution >= 4 is 35.5 Å². The van der Waals surface area contributed by atoms with Crippen molar-refractivity contribution < 1.29 is 29.4 Å². The summed E-state index contributed by atoms with van der Waals surface area (Å²) in [4.78, 5) is 51.6. The molecule has 3 amide bonds. The van der Waals surface area contributed by atoms with Gasteiger partial charge < -0.3 is 20.4 Å². The van der Waals surface area contributed by atoms with Crippen LogP contribution in [0.15, 0.2) is 10.6 Å². The monoisotopic (exact) mass is 423 g/mol. The zero-order chi connectivity index (χ0) is 21.2. The molecular weight excluding hydrogens is 398 g/mol. The van der Waals surface area contributed by atoms with Crippen molar-refractivity contribution in [1.29, 1.82) is 0 Å². The number of imide groups is 1. The first-order chi connectivity index (χ1) is 13.6. The molecule has 0 saturated carbocycles. The molecule has 3 N–H and O–H groups in total. The molecule has 4 aliphatic rings. The average molecular weight is 423 g/mol. The van der Waals surface area contributed by atoms with Gasteiger partial charge in [-0.15, -0.1) is 11.8 Å². The lowest BCUT2D eigenvalue weighted by Gasteiger charge is -2.46. The molecule has 4 rings (SSSR count). The van der Waals surface area contributed by atoms with Crippen molar-refractivity contribution in [2.75, 3.05) is 13.6 Å². The highest BCUT2D eigenvalue weighted by Gasteiger charge is 2.60. The summed E-state index contributed by atoms with van der Waals surface area (Å²) >= 11 is 1.44. The van der Waals surface area contributed by atoms with Crippen LogP contribution in [-0.4, -0.2) is 80.7 Å². The first-order valence-corrected chi connectivity index (χ1v) is 10.7. The van der Waals surface area contributed by atoms with E-state index in [9.17, 15) is 29.4 Å². The summed E-state index contributed by atoms with van der Waals surface area (Å²) in [5.41, 5.74) is 0.0182. The summed E-state index contributed by atoms with van der Waals surface area (Å²) < 4.78 is 0. The van der Waals surface area contributed by atoms with E-state index in [1.165, 1.54) is 28.6 Å². The van der Waals surface area contributed by atoms with Crippen LogP contribution in [0.25, 0.3) is 0 Å². The number of hydrogen-bond donors (Lipinski definition) is 3. The Morgan fingerprint density at radius 2 is 1.97 bits per heavy atom. The number of carboxylic acids is 1. The van der Waals surface area contributed by atoms with Crippen LogP contribution in [0.4, 0.5) is 0 Å². The average Bonchev–Trinajstić information content (AvgIpc) is 3.27. The van der Waals surface area contributed by atoms with Crippen molar-refractivity contribution in [3.8, 4) is 0 Å². The fourth-order valence-electron chi connectivity index (χ4n) is 5.09. The number of amides is 3. The van der Waals surface area contributed by atoms with Crippen LogP contribution in [0.2, 0.25) is 0 Å². The summed E-state index contributed by atoms with van der Waals surface area (Å²) in [5, 5.41) is 23.0. The van der Waals surface area contributed by atoms with Gasteiger partial charge in [0.15, 0.2) is 0 Å². The molecule has 7 atom stereocenters. The molecule has 3 fully saturated rings. The second-order valence-corrected chi connectivity index (χ2v) is 9.71. The summed E-state index contributed by atoms with van der Waals surface area (Å²) in [5.74, 6) is -2.97. The summed E-state index contributed by atoms with van der Waals surface area (Å²) in [6, 6.07) is -0.452. The molecule has 0 bridgehead atoms. The number of rotatable bonds is 5. The Kier molecular flexibility index (Phi) is 4.99. The maximum absolute atomic E-state index is 12.4. The molecule has 4 heterocycles. The minimum absolute atomic E-state index is 0.0182. The number of hydrogen-bond acceptors (Lipinski definition) is 7. The van der Waals surface area contributed by atoms with Gasteiger partial charge in [-0.2, -0.15) is 0 Å². The number of aliphatic hydroxyl groups is 1. The first-order valence-electron chi connectivity index (χ1n) is 9.82. The fraction of sp³-hybridized carbons (Fsp3) is 0.684. The summed E-state index contributed by atoms with van der Waals surface area (Å²) in [6.45, 7) is 4.05. The van der Waals surface area contributed by atoms with Gasteiger partial charge in [-0.3, -0.25) is 19.3 Å². The van der Waals surface area contributed by atoms with E-state index < -0.39 is 18.0 Å². The van der Waals surface area contributed by atoms with Gasteiger partial charge in [-0.05, 0) is 13.3 Å². The molecule has 3 saturated heterocycles. The molecule has 158 valence electrons.